The van der Waals surface area contributed by atoms with E-state index in [0.29, 0.717) is 13.1 Å². The zero-order chi connectivity index (χ0) is 15.0. The SMILES string of the molecule is CCC(CC)(CN)C(=O)N1CCn2c1nc1ccccc12.Cl. The van der Waals surface area contributed by atoms with Gasteiger partial charge < -0.3 is 10.3 Å². The third-order valence-corrected chi connectivity index (χ3v) is 4.87. The molecule has 0 radical (unpaired) electrons. The minimum Gasteiger partial charge on any atom is -0.329 e. The zero-order valence-corrected chi connectivity index (χ0v) is 13.9. The van der Waals surface area contributed by atoms with Crippen molar-refractivity contribution in [2.45, 2.75) is 33.2 Å². The number of carbonyl (C=O) groups is 1. The lowest BCUT2D eigenvalue weighted by atomic mass is 9.81. The average molecular weight is 323 g/mol. The first kappa shape index (κ1) is 16.8. The lowest BCUT2D eigenvalue weighted by molar-refractivity contribution is -0.128. The molecule has 2 N–H and O–H groups in total. The van der Waals surface area contributed by atoms with E-state index in [9.17, 15) is 4.79 Å². The number of hydrogen-bond donors (Lipinski definition) is 1. The van der Waals surface area contributed by atoms with Gasteiger partial charge in [0.15, 0.2) is 0 Å². The Kier molecular flexibility index (Phi) is 4.78. The fraction of sp³-hybridized carbons (Fsp3) is 0.500. The third kappa shape index (κ3) is 2.29. The number of imidazole rings is 1. The number of nitrogens with two attached hydrogens (primary N) is 1. The molecule has 0 aliphatic carbocycles. The molecule has 0 saturated carbocycles. The second-order valence-electron chi connectivity index (χ2n) is 5.70. The second kappa shape index (κ2) is 6.26. The Morgan fingerprint density at radius 1 is 1.27 bits per heavy atom. The van der Waals surface area contributed by atoms with Gasteiger partial charge in [0.25, 0.3) is 0 Å². The highest BCUT2D eigenvalue weighted by Crippen LogP contribution is 2.34. The number of aromatic nitrogens is 2. The minimum absolute atomic E-state index is 0. The van der Waals surface area contributed by atoms with Gasteiger partial charge in [0.05, 0.1) is 16.4 Å². The monoisotopic (exact) mass is 322 g/mol. The number of para-hydroxylation sites is 2. The molecule has 0 saturated heterocycles. The van der Waals surface area contributed by atoms with Crippen molar-refractivity contribution < 1.29 is 4.79 Å². The van der Waals surface area contributed by atoms with Crippen molar-refractivity contribution in [1.29, 1.82) is 0 Å². The maximum Gasteiger partial charge on any atom is 0.236 e. The van der Waals surface area contributed by atoms with Crippen molar-refractivity contribution in [3.63, 3.8) is 0 Å². The van der Waals surface area contributed by atoms with Crippen LogP contribution < -0.4 is 10.6 Å². The smallest absolute Gasteiger partial charge is 0.236 e. The van der Waals surface area contributed by atoms with Crippen molar-refractivity contribution in [1.82, 2.24) is 9.55 Å². The fourth-order valence-electron chi connectivity index (χ4n) is 3.20. The lowest BCUT2D eigenvalue weighted by Crippen LogP contribution is -2.47. The van der Waals surface area contributed by atoms with E-state index in [1.54, 1.807) is 0 Å². The van der Waals surface area contributed by atoms with Crippen LogP contribution in [0, 0.1) is 5.41 Å². The summed E-state index contributed by atoms with van der Waals surface area (Å²) in [6.45, 7) is 5.94. The van der Waals surface area contributed by atoms with Gasteiger partial charge in [0, 0.05) is 19.6 Å². The van der Waals surface area contributed by atoms with E-state index >= 15 is 0 Å². The summed E-state index contributed by atoms with van der Waals surface area (Å²) in [7, 11) is 0. The van der Waals surface area contributed by atoms with Crippen LogP contribution in [-0.2, 0) is 11.3 Å². The molecule has 0 unspecified atom stereocenters. The van der Waals surface area contributed by atoms with Crippen molar-refractivity contribution in [3.8, 4) is 0 Å². The Balaban J connectivity index is 0.00000176. The van der Waals surface area contributed by atoms with E-state index in [1.807, 2.05) is 36.9 Å². The van der Waals surface area contributed by atoms with Crippen molar-refractivity contribution in [2.24, 2.45) is 11.1 Å². The molecule has 1 aliphatic heterocycles. The summed E-state index contributed by atoms with van der Waals surface area (Å²) in [5, 5.41) is 0. The molecule has 1 aromatic heterocycles. The van der Waals surface area contributed by atoms with Crippen LogP contribution in [0.15, 0.2) is 24.3 Å². The van der Waals surface area contributed by atoms with Crippen LogP contribution in [-0.4, -0.2) is 28.5 Å². The number of carbonyl (C=O) groups excluding carboxylic acids is 1. The molecule has 22 heavy (non-hydrogen) atoms. The number of halogens is 1. The third-order valence-electron chi connectivity index (χ3n) is 4.87. The van der Waals surface area contributed by atoms with Crippen LogP contribution in [0.2, 0.25) is 0 Å². The zero-order valence-electron chi connectivity index (χ0n) is 13.1. The Morgan fingerprint density at radius 2 is 1.95 bits per heavy atom. The summed E-state index contributed by atoms with van der Waals surface area (Å²) in [6, 6.07) is 8.01. The van der Waals surface area contributed by atoms with E-state index in [-0.39, 0.29) is 18.3 Å². The highest BCUT2D eigenvalue weighted by atomic mass is 35.5. The van der Waals surface area contributed by atoms with Gasteiger partial charge in [-0.1, -0.05) is 26.0 Å². The number of anilines is 1. The molecule has 6 heteroatoms. The quantitative estimate of drug-likeness (QED) is 0.941. The molecule has 2 aromatic rings. The summed E-state index contributed by atoms with van der Waals surface area (Å²) < 4.78 is 2.12. The molecule has 2 heterocycles. The van der Waals surface area contributed by atoms with Crippen molar-refractivity contribution in [3.05, 3.63) is 24.3 Å². The Bertz CT molecular complexity index is 670. The molecular formula is C16H23ClN4O. The maximum absolute atomic E-state index is 13.0. The van der Waals surface area contributed by atoms with Gasteiger partial charge in [-0.3, -0.25) is 9.69 Å². The van der Waals surface area contributed by atoms with Gasteiger partial charge in [-0.25, -0.2) is 4.98 Å². The molecule has 3 rings (SSSR count). The molecule has 0 fully saturated rings. The van der Waals surface area contributed by atoms with Gasteiger partial charge in [-0.15, -0.1) is 12.4 Å². The van der Waals surface area contributed by atoms with Crippen LogP contribution in [0.5, 0.6) is 0 Å². The highest BCUT2D eigenvalue weighted by Gasteiger charge is 2.40. The lowest BCUT2D eigenvalue weighted by Gasteiger charge is -2.32. The molecule has 120 valence electrons. The van der Waals surface area contributed by atoms with Crippen molar-refractivity contribution >= 4 is 35.3 Å². The number of amides is 1. The summed E-state index contributed by atoms with van der Waals surface area (Å²) in [5.74, 6) is 0.880. The topological polar surface area (TPSA) is 64.2 Å². The number of nitrogens with zero attached hydrogens (tertiary/aromatic N) is 3. The first-order valence-electron chi connectivity index (χ1n) is 7.64. The Labute approximate surface area is 136 Å². The van der Waals surface area contributed by atoms with Gasteiger partial charge in [0.2, 0.25) is 11.9 Å². The van der Waals surface area contributed by atoms with Crippen LogP contribution in [0.4, 0.5) is 5.95 Å². The van der Waals surface area contributed by atoms with E-state index in [0.717, 1.165) is 36.4 Å². The molecule has 1 aromatic carbocycles. The Morgan fingerprint density at radius 3 is 2.59 bits per heavy atom. The fourth-order valence-corrected chi connectivity index (χ4v) is 3.20. The maximum atomic E-state index is 13.0. The molecule has 5 nitrogen and oxygen atoms in total. The van der Waals surface area contributed by atoms with E-state index in [1.165, 1.54) is 0 Å². The Hall–Kier alpha value is -1.59. The summed E-state index contributed by atoms with van der Waals surface area (Å²) >= 11 is 0. The van der Waals surface area contributed by atoms with Gasteiger partial charge >= 0.3 is 0 Å². The van der Waals surface area contributed by atoms with Crippen LogP contribution >= 0.6 is 12.4 Å². The predicted molar refractivity (Wildman–Crippen MR) is 91.4 cm³/mol. The number of hydrogen-bond acceptors (Lipinski definition) is 3. The predicted octanol–water partition coefficient (Wildman–Crippen LogP) is 2.57. The van der Waals surface area contributed by atoms with Gasteiger partial charge in [-0.05, 0) is 25.0 Å². The summed E-state index contributed by atoms with van der Waals surface area (Å²) in [5.41, 5.74) is 7.49. The van der Waals surface area contributed by atoms with Crippen LogP contribution in [0.1, 0.15) is 26.7 Å². The summed E-state index contributed by atoms with van der Waals surface area (Å²) in [4.78, 5) is 19.5. The van der Waals surface area contributed by atoms with Gasteiger partial charge in [-0.2, -0.15) is 0 Å². The highest BCUT2D eigenvalue weighted by molar-refractivity contribution is 5.98. The largest absolute Gasteiger partial charge is 0.329 e. The van der Waals surface area contributed by atoms with Gasteiger partial charge in [0.1, 0.15) is 0 Å². The number of fused-ring (bicyclic) bond motifs is 3. The molecule has 0 atom stereocenters. The first-order valence-corrected chi connectivity index (χ1v) is 7.64. The normalized spacial score (nSPS) is 14.0. The number of benzene rings is 1. The molecule has 0 spiro atoms. The molecule has 1 amide bonds. The molecule has 1 aliphatic rings. The number of rotatable bonds is 4. The van der Waals surface area contributed by atoms with E-state index in [4.69, 9.17) is 5.73 Å². The van der Waals surface area contributed by atoms with E-state index in [2.05, 4.69) is 15.6 Å². The first-order chi connectivity index (χ1) is 10.2. The second-order valence-corrected chi connectivity index (χ2v) is 5.70. The minimum atomic E-state index is -0.465. The molecular weight excluding hydrogens is 300 g/mol. The molecule has 0 bridgehead atoms. The average Bonchev–Trinajstić information content (AvgIpc) is 3.08. The standard InChI is InChI=1S/C16H22N4O.ClH/c1-3-16(4-2,11-17)14(21)20-10-9-19-13-8-6-5-7-12(13)18-15(19)20;/h5-8H,3-4,9-11,17H2,1-2H3;1H. The van der Waals surface area contributed by atoms with E-state index < -0.39 is 5.41 Å². The van der Waals surface area contributed by atoms with Crippen molar-refractivity contribution in [2.75, 3.05) is 18.0 Å². The van der Waals surface area contributed by atoms with Crippen LogP contribution in [0.25, 0.3) is 11.0 Å². The van der Waals surface area contributed by atoms with Crippen LogP contribution in [0.3, 0.4) is 0 Å². The summed E-state index contributed by atoms with van der Waals surface area (Å²) in [6.07, 6.45) is 1.52.